The van der Waals surface area contributed by atoms with E-state index in [2.05, 4.69) is 25.9 Å². The standard InChI is InChI=1S/C25H22BrN5O3/c1-16-21(30-11-3-2-8-19(30)28-16)23(32)20-22(17-6-4-7-18(26)14-17)31(25(34)24(20)33)12-5-10-29-13-9-27-15-29/h2-4,6-9,11,13-15,22,32H,5,10,12H2,1H3/b23-20+/t22-/m0/s1. The van der Waals surface area contributed by atoms with Crippen molar-refractivity contribution in [2.24, 2.45) is 0 Å². The molecule has 0 unspecified atom stereocenters. The lowest BCUT2D eigenvalue weighted by Crippen LogP contribution is -2.31. The van der Waals surface area contributed by atoms with Gasteiger partial charge in [-0.3, -0.25) is 14.0 Å². The van der Waals surface area contributed by atoms with Crippen LogP contribution in [0.3, 0.4) is 0 Å². The van der Waals surface area contributed by atoms with E-state index in [1.807, 2.05) is 53.2 Å². The molecule has 0 spiro atoms. The predicted octanol–water partition coefficient (Wildman–Crippen LogP) is 4.11. The number of likely N-dealkylation sites (tertiary alicyclic amines) is 1. The third-order valence-electron chi connectivity index (χ3n) is 6.01. The SMILES string of the molecule is Cc1nc2ccccn2c1/C(O)=C1\C(=O)C(=O)N(CCCn2ccnc2)[C@H]1c1cccc(Br)c1. The van der Waals surface area contributed by atoms with Gasteiger partial charge in [-0.25, -0.2) is 9.97 Å². The Morgan fingerprint density at radius 3 is 2.74 bits per heavy atom. The van der Waals surface area contributed by atoms with Gasteiger partial charge in [0.1, 0.15) is 11.3 Å². The van der Waals surface area contributed by atoms with Gasteiger partial charge in [0, 0.05) is 36.2 Å². The highest BCUT2D eigenvalue weighted by Gasteiger charge is 2.46. The van der Waals surface area contributed by atoms with Crippen LogP contribution in [-0.2, 0) is 16.1 Å². The molecule has 0 aliphatic carbocycles. The maximum absolute atomic E-state index is 13.3. The number of carbonyl (C=O) groups excluding carboxylic acids is 2. The van der Waals surface area contributed by atoms with Crippen LogP contribution >= 0.6 is 15.9 Å². The summed E-state index contributed by atoms with van der Waals surface area (Å²) >= 11 is 3.49. The first kappa shape index (κ1) is 22.1. The summed E-state index contributed by atoms with van der Waals surface area (Å²) in [4.78, 5) is 36.6. The van der Waals surface area contributed by atoms with Crippen LogP contribution in [0.2, 0.25) is 0 Å². The van der Waals surface area contributed by atoms with Gasteiger partial charge in [-0.15, -0.1) is 0 Å². The highest BCUT2D eigenvalue weighted by Crippen LogP contribution is 2.40. The molecule has 0 saturated carbocycles. The lowest BCUT2D eigenvalue weighted by Gasteiger charge is -2.25. The number of rotatable bonds is 6. The van der Waals surface area contributed by atoms with Crippen LogP contribution in [0.4, 0.5) is 0 Å². The van der Waals surface area contributed by atoms with E-state index in [0.29, 0.717) is 36.5 Å². The van der Waals surface area contributed by atoms with Crippen molar-refractivity contribution in [1.82, 2.24) is 23.8 Å². The zero-order valence-electron chi connectivity index (χ0n) is 18.4. The second kappa shape index (κ2) is 8.90. The Labute approximate surface area is 204 Å². The van der Waals surface area contributed by atoms with E-state index in [9.17, 15) is 14.7 Å². The molecule has 1 amide bonds. The number of hydrogen-bond acceptors (Lipinski definition) is 5. The van der Waals surface area contributed by atoms with Gasteiger partial charge in [0.2, 0.25) is 0 Å². The number of imidazole rings is 2. The Balaban J connectivity index is 1.61. The lowest BCUT2D eigenvalue weighted by molar-refractivity contribution is -0.139. The van der Waals surface area contributed by atoms with E-state index >= 15 is 0 Å². The molecular formula is C25H22BrN5O3. The molecule has 1 aliphatic rings. The lowest BCUT2D eigenvalue weighted by atomic mass is 9.96. The fraction of sp³-hybridized carbons (Fsp3) is 0.200. The number of fused-ring (bicyclic) bond motifs is 1. The van der Waals surface area contributed by atoms with E-state index in [1.165, 1.54) is 0 Å². The third-order valence-corrected chi connectivity index (χ3v) is 6.50. The topological polar surface area (TPSA) is 92.7 Å². The number of aliphatic hydroxyl groups excluding tert-OH is 1. The summed E-state index contributed by atoms with van der Waals surface area (Å²) in [6.45, 7) is 2.78. The second-order valence-corrected chi connectivity index (χ2v) is 9.09. The Morgan fingerprint density at radius 2 is 1.97 bits per heavy atom. The largest absolute Gasteiger partial charge is 0.505 e. The summed E-state index contributed by atoms with van der Waals surface area (Å²) in [6.07, 6.45) is 7.68. The average molecular weight is 520 g/mol. The Morgan fingerprint density at radius 1 is 1.12 bits per heavy atom. The molecule has 8 nitrogen and oxygen atoms in total. The van der Waals surface area contributed by atoms with E-state index in [4.69, 9.17) is 0 Å². The number of aromatic nitrogens is 4. The van der Waals surface area contributed by atoms with Gasteiger partial charge in [-0.1, -0.05) is 34.1 Å². The molecule has 1 aliphatic heterocycles. The summed E-state index contributed by atoms with van der Waals surface area (Å²) in [5.41, 5.74) is 2.44. The number of aryl methyl sites for hydroxylation is 2. The first-order valence-corrected chi connectivity index (χ1v) is 11.7. The van der Waals surface area contributed by atoms with Crippen molar-refractivity contribution >= 4 is 39.0 Å². The van der Waals surface area contributed by atoms with Crippen LogP contribution in [0.1, 0.15) is 29.4 Å². The van der Waals surface area contributed by atoms with E-state index in [1.54, 1.807) is 34.9 Å². The fourth-order valence-corrected chi connectivity index (χ4v) is 4.92. The molecule has 172 valence electrons. The van der Waals surface area contributed by atoms with Gasteiger partial charge in [0.25, 0.3) is 11.7 Å². The number of pyridine rings is 1. The molecule has 1 saturated heterocycles. The molecule has 1 N–H and O–H groups in total. The second-order valence-electron chi connectivity index (χ2n) is 8.18. The molecule has 9 heteroatoms. The minimum atomic E-state index is -0.714. The monoisotopic (exact) mass is 519 g/mol. The van der Waals surface area contributed by atoms with Crippen molar-refractivity contribution in [3.63, 3.8) is 0 Å². The summed E-state index contributed by atoms with van der Waals surface area (Å²) in [5, 5.41) is 11.5. The number of halogens is 1. The average Bonchev–Trinajstić information content (AvgIpc) is 3.51. The molecule has 34 heavy (non-hydrogen) atoms. The molecule has 4 heterocycles. The first-order valence-electron chi connectivity index (χ1n) is 10.9. The van der Waals surface area contributed by atoms with Gasteiger partial charge in [0.05, 0.1) is 23.6 Å². The van der Waals surface area contributed by atoms with Crippen molar-refractivity contribution in [3.8, 4) is 0 Å². The van der Waals surface area contributed by atoms with E-state index in [0.717, 1.165) is 10.0 Å². The van der Waals surface area contributed by atoms with Crippen molar-refractivity contribution in [1.29, 1.82) is 0 Å². The number of benzene rings is 1. The molecule has 3 aromatic heterocycles. The van der Waals surface area contributed by atoms with Gasteiger partial charge < -0.3 is 14.6 Å². The zero-order chi connectivity index (χ0) is 23.8. The fourth-order valence-electron chi connectivity index (χ4n) is 4.50. The number of hydrogen-bond donors (Lipinski definition) is 1. The van der Waals surface area contributed by atoms with Gasteiger partial charge in [0.15, 0.2) is 5.76 Å². The molecule has 1 aromatic carbocycles. The van der Waals surface area contributed by atoms with Crippen LogP contribution in [0.15, 0.2) is 77.4 Å². The number of Topliss-reactive ketones (excluding diaryl/α,β-unsaturated/α-hetero) is 1. The molecule has 1 atom stereocenters. The molecule has 0 bridgehead atoms. The summed E-state index contributed by atoms with van der Waals surface area (Å²) in [6, 6.07) is 12.2. The number of nitrogens with zero attached hydrogens (tertiary/aromatic N) is 5. The first-order chi connectivity index (χ1) is 16.5. The summed E-state index contributed by atoms with van der Waals surface area (Å²) in [5.74, 6) is -1.55. The maximum Gasteiger partial charge on any atom is 0.295 e. The molecule has 4 aromatic rings. The summed E-state index contributed by atoms with van der Waals surface area (Å²) in [7, 11) is 0. The van der Waals surface area contributed by atoms with Gasteiger partial charge in [-0.2, -0.15) is 0 Å². The van der Waals surface area contributed by atoms with Crippen molar-refractivity contribution in [2.75, 3.05) is 6.54 Å². The zero-order valence-corrected chi connectivity index (χ0v) is 20.0. The number of amides is 1. The normalized spacial score (nSPS) is 17.7. The smallest absolute Gasteiger partial charge is 0.295 e. The Bertz CT molecular complexity index is 1420. The van der Waals surface area contributed by atoms with Crippen LogP contribution in [0, 0.1) is 6.92 Å². The van der Waals surface area contributed by atoms with Crippen LogP contribution in [-0.4, -0.2) is 47.2 Å². The van der Waals surface area contributed by atoms with Crippen molar-refractivity contribution in [2.45, 2.75) is 25.9 Å². The highest BCUT2D eigenvalue weighted by atomic mass is 79.9. The molecule has 0 radical (unpaired) electrons. The molecule has 5 rings (SSSR count). The van der Waals surface area contributed by atoms with Crippen LogP contribution in [0.5, 0.6) is 0 Å². The maximum atomic E-state index is 13.3. The Hall–Kier alpha value is -3.72. The Kier molecular flexibility index (Phi) is 5.79. The quantitative estimate of drug-likeness (QED) is 0.235. The van der Waals surface area contributed by atoms with Crippen molar-refractivity contribution < 1.29 is 14.7 Å². The van der Waals surface area contributed by atoms with Crippen molar-refractivity contribution in [3.05, 3.63) is 94.4 Å². The minimum absolute atomic E-state index is 0.0690. The van der Waals surface area contributed by atoms with E-state index in [-0.39, 0.29) is 11.3 Å². The molecule has 1 fully saturated rings. The third kappa shape index (κ3) is 3.81. The number of carbonyl (C=O) groups is 2. The number of ketones is 1. The molecular weight excluding hydrogens is 498 g/mol. The predicted molar refractivity (Wildman–Crippen MR) is 130 cm³/mol. The highest BCUT2D eigenvalue weighted by molar-refractivity contribution is 9.10. The number of aliphatic hydroxyl groups is 1. The minimum Gasteiger partial charge on any atom is -0.505 e. The van der Waals surface area contributed by atoms with Crippen LogP contribution in [0.25, 0.3) is 11.4 Å². The van der Waals surface area contributed by atoms with Crippen LogP contribution < -0.4 is 0 Å². The van der Waals surface area contributed by atoms with E-state index < -0.39 is 17.7 Å². The summed E-state index contributed by atoms with van der Waals surface area (Å²) < 4.78 is 4.47. The van der Waals surface area contributed by atoms with Gasteiger partial charge in [-0.05, 0) is 43.2 Å². The van der Waals surface area contributed by atoms with Gasteiger partial charge >= 0.3 is 0 Å².